The van der Waals surface area contributed by atoms with Crippen molar-refractivity contribution in [3.05, 3.63) is 0 Å². The molecule has 2 atom stereocenters. The van der Waals surface area contributed by atoms with E-state index < -0.39 is 0 Å². The van der Waals surface area contributed by atoms with Gasteiger partial charge in [0.2, 0.25) is 11.9 Å². The molecule has 7 heteroatoms. The van der Waals surface area contributed by atoms with Crippen LogP contribution in [0.4, 0.5) is 11.9 Å². The van der Waals surface area contributed by atoms with Gasteiger partial charge < -0.3 is 19.7 Å². The monoisotopic (exact) mass is 295 g/mol. The van der Waals surface area contributed by atoms with E-state index in [1.165, 1.54) is 0 Å². The van der Waals surface area contributed by atoms with Gasteiger partial charge in [-0.1, -0.05) is 13.8 Å². The molecule has 1 fully saturated rings. The Labute approximate surface area is 126 Å². The number of ether oxygens (including phenoxy) is 2. The van der Waals surface area contributed by atoms with Gasteiger partial charge in [0.05, 0.1) is 12.7 Å². The average molecular weight is 295 g/mol. The van der Waals surface area contributed by atoms with Crippen LogP contribution >= 0.6 is 0 Å². The second-order valence-corrected chi connectivity index (χ2v) is 5.33. The van der Waals surface area contributed by atoms with Crippen molar-refractivity contribution in [2.24, 2.45) is 5.92 Å². The molecule has 1 aromatic rings. The summed E-state index contributed by atoms with van der Waals surface area (Å²) < 4.78 is 11.1. The highest BCUT2D eigenvalue weighted by atomic mass is 16.5. The summed E-state index contributed by atoms with van der Waals surface area (Å²) in [4.78, 5) is 15.2. The predicted molar refractivity (Wildman–Crippen MR) is 82.0 cm³/mol. The molecule has 7 nitrogen and oxygen atoms in total. The van der Waals surface area contributed by atoms with Crippen LogP contribution in [0.25, 0.3) is 0 Å². The first-order valence-electron chi connectivity index (χ1n) is 7.52. The smallest absolute Gasteiger partial charge is 0.323 e. The van der Waals surface area contributed by atoms with E-state index in [-0.39, 0.29) is 6.10 Å². The molecule has 2 unspecified atom stereocenters. The number of nitrogens with one attached hydrogen (secondary N) is 1. The van der Waals surface area contributed by atoms with Gasteiger partial charge in [0.25, 0.3) is 0 Å². The fraction of sp³-hybridized carbons (Fsp3) is 0.786. The second-order valence-electron chi connectivity index (χ2n) is 5.33. The lowest BCUT2D eigenvalue weighted by Crippen LogP contribution is -2.44. The Morgan fingerprint density at radius 3 is 2.81 bits per heavy atom. The predicted octanol–water partition coefficient (Wildman–Crippen LogP) is 1.56. The summed E-state index contributed by atoms with van der Waals surface area (Å²) in [6.07, 6.45) is 2.18. The highest BCUT2D eigenvalue weighted by molar-refractivity contribution is 5.38. The second kappa shape index (κ2) is 7.40. The fourth-order valence-corrected chi connectivity index (χ4v) is 2.38. The largest absolute Gasteiger partial charge is 0.463 e. The van der Waals surface area contributed by atoms with Gasteiger partial charge in [-0.05, 0) is 18.8 Å². The molecular weight excluding hydrogens is 270 g/mol. The van der Waals surface area contributed by atoms with E-state index in [0.29, 0.717) is 30.4 Å². The van der Waals surface area contributed by atoms with E-state index in [9.17, 15) is 0 Å². The summed E-state index contributed by atoms with van der Waals surface area (Å²) in [6, 6.07) is 0.374. The molecule has 1 N–H and O–H groups in total. The molecule has 0 aliphatic carbocycles. The zero-order valence-corrected chi connectivity index (χ0v) is 13.3. The van der Waals surface area contributed by atoms with Gasteiger partial charge in [-0.25, -0.2) is 0 Å². The first-order valence-corrected chi connectivity index (χ1v) is 7.52. The maximum Gasteiger partial charge on any atom is 0.323 e. The lowest BCUT2D eigenvalue weighted by molar-refractivity contribution is 0.0494. The van der Waals surface area contributed by atoms with Crippen LogP contribution in [0.3, 0.4) is 0 Å². The molecule has 21 heavy (non-hydrogen) atoms. The van der Waals surface area contributed by atoms with Crippen LogP contribution in [0.2, 0.25) is 0 Å². The zero-order chi connectivity index (χ0) is 15.2. The van der Waals surface area contributed by atoms with E-state index in [1.54, 1.807) is 14.2 Å². The lowest BCUT2D eigenvalue weighted by atomic mass is 9.96. The van der Waals surface area contributed by atoms with E-state index in [2.05, 4.69) is 39.0 Å². The van der Waals surface area contributed by atoms with Gasteiger partial charge >= 0.3 is 6.01 Å². The van der Waals surface area contributed by atoms with Crippen molar-refractivity contribution < 1.29 is 9.47 Å². The summed E-state index contributed by atoms with van der Waals surface area (Å²) in [5.74, 6) is 1.72. The summed E-state index contributed by atoms with van der Waals surface area (Å²) >= 11 is 0. The molecule has 2 heterocycles. The quantitative estimate of drug-likeness (QED) is 0.853. The van der Waals surface area contributed by atoms with Gasteiger partial charge in [0, 0.05) is 27.2 Å². The van der Waals surface area contributed by atoms with Gasteiger partial charge in [0.1, 0.15) is 0 Å². The van der Waals surface area contributed by atoms with Crippen molar-refractivity contribution in [3.63, 3.8) is 0 Å². The highest BCUT2D eigenvalue weighted by Crippen LogP contribution is 2.24. The van der Waals surface area contributed by atoms with E-state index in [4.69, 9.17) is 9.47 Å². The number of methoxy groups -OCH3 is 1. The van der Waals surface area contributed by atoms with E-state index in [1.807, 2.05) is 0 Å². The summed E-state index contributed by atoms with van der Waals surface area (Å²) in [7, 11) is 3.55. The third kappa shape index (κ3) is 3.93. The molecular formula is C14H25N5O2. The van der Waals surface area contributed by atoms with Crippen molar-refractivity contribution in [1.29, 1.82) is 0 Å². The molecule has 0 spiro atoms. The molecule has 1 aromatic heterocycles. The van der Waals surface area contributed by atoms with Crippen LogP contribution in [0.5, 0.6) is 6.01 Å². The minimum absolute atomic E-state index is 0.202. The Balaban J connectivity index is 2.17. The molecule has 118 valence electrons. The van der Waals surface area contributed by atoms with Crippen molar-refractivity contribution >= 4 is 11.9 Å². The molecule has 0 bridgehead atoms. The van der Waals surface area contributed by atoms with E-state index in [0.717, 1.165) is 25.9 Å². The number of nitrogens with zero attached hydrogens (tertiary/aromatic N) is 4. The number of piperidine rings is 1. The molecule has 2 rings (SSSR count). The maximum absolute atomic E-state index is 5.55. The third-order valence-electron chi connectivity index (χ3n) is 3.74. The van der Waals surface area contributed by atoms with Crippen LogP contribution in [-0.2, 0) is 4.74 Å². The Bertz CT molecular complexity index is 457. The van der Waals surface area contributed by atoms with Crippen LogP contribution in [0.1, 0.15) is 26.7 Å². The number of anilines is 2. The first kappa shape index (κ1) is 15.8. The van der Waals surface area contributed by atoms with Crippen LogP contribution < -0.4 is 15.0 Å². The fourth-order valence-electron chi connectivity index (χ4n) is 2.38. The molecule has 1 saturated heterocycles. The van der Waals surface area contributed by atoms with Crippen molar-refractivity contribution in [1.82, 2.24) is 15.0 Å². The number of hydrogen-bond acceptors (Lipinski definition) is 7. The number of hydrogen-bond donors (Lipinski definition) is 1. The molecule has 0 radical (unpaired) electrons. The van der Waals surface area contributed by atoms with Gasteiger partial charge in [-0.15, -0.1) is 0 Å². The lowest BCUT2D eigenvalue weighted by Gasteiger charge is -2.36. The van der Waals surface area contributed by atoms with Crippen molar-refractivity contribution in [3.8, 4) is 6.01 Å². The number of aromatic nitrogens is 3. The average Bonchev–Trinajstić information content (AvgIpc) is 2.53. The van der Waals surface area contributed by atoms with Crippen molar-refractivity contribution in [2.45, 2.75) is 32.8 Å². The minimum Gasteiger partial charge on any atom is -0.463 e. The molecule has 1 aliphatic rings. The molecule has 0 aromatic carbocycles. The van der Waals surface area contributed by atoms with Crippen LogP contribution in [0, 0.1) is 5.92 Å². The Morgan fingerprint density at radius 2 is 2.14 bits per heavy atom. The summed E-state index contributed by atoms with van der Waals surface area (Å²) in [5.41, 5.74) is 0. The Morgan fingerprint density at radius 1 is 1.33 bits per heavy atom. The zero-order valence-electron chi connectivity index (χ0n) is 13.3. The van der Waals surface area contributed by atoms with Crippen molar-refractivity contribution in [2.75, 3.05) is 44.1 Å². The summed E-state index contributed by atoms with van der Waals surface area (Å²) in [6.45, 7) is 6.58. The standard InChI is InChI=1S/C14H25N5O2/c1-5-8-21-14-17-12(15-3)16-13(18-14)19-7-6-10(2)11(9-19)20-4/h10-11H,5-9H2,1-4H3,(H,15,16,17,18). The number of rotatable bonds is 6. The summed E-state index contributed by atoms with van der Waals surface area (Å²) in [5, 5.41) is 2.96. The molecule has 0 saturated carbocycles. The Hall–Kier alpha value is -1.63. The topological polar surface area (TPSA) is 72.4 Å². The van der Waals surface area contributed by atoms with Crippen LogP contribution in [0.15, 0.2) is 0 Å². The van der Waals surface area contributed by atoms with Crippen LogP contribution in [-0.4, -0.2) is 54.9 Å². The SMILES string of the molecule is CCCOc1nc(NC)nc(N2CCC(C)C(OC)C2)n1. The molecule has 0 amide bonds. The molecule has 1 aliphatic heterocycles. The minimum atomic E-state index is 0.202. The first-order chi connectivity index (χ1) is 10.2. The third-order valence-corrected chi connectivity index (χ3v) is 3.74. The maximum atomic E-state index is 5.55. The van der Waals surface area contributed by atoms with Gasteiger partial charge in [-0.3, -0.25) is 0 Å². The normalized spacial score (nSPS) is 22.2. The van der Waals surface area contributed by atoms with Gasteiger partial charge in [-0.2, -0.15) is 15.0 Å². The highest BCUT2D eigenvalue weighted by Gasteiger charge is 2.28. The van der Waals surface area contributed by atoms with E-state index >= 15 is 0 Å². The van der Waals surface area contributed by atoms with Gasteiger partial charge in [0.15, 0.2) is 0 Å². The Kier molecular flexibility index (Phi) is 5.55.